The molecule has 2 aromatic rings. The second-order valence-corrected chi connectivity index (χ2v) is 4.97. The van der Waals surface area contributed by atoms with Crippen molar-refractivity contribution in [3.63, 3.8) is 0 Å². The van der Waals surface area contributed by atoms with Gasteiger partial charge in [-0.25, -0.2) is 4.79 Å². The molecule has 0 aliphatic rings. The van der Waals surface area contributed by atoms with E-state index in [4.69, 9.17) is 5.11 Å². The quantitative estimate of drug-likeness (QED) is 0.871. The van der Waals surface area contributed by atoms with E-state index in [1.165, 1.54) is 11.3 Å². The zero-order valence-corrected chi connectivity index (χ0v) is 10.3. The fraction of sp³-hybridized carbons (Fsp3) is 0.154. The largest absolute Gasteiger partial charge is 0.477 e. The molecule has 0 radical (unpaired) electrons. The van der Waals surface area contributed by atoms with Crippen LogP contribution in [0.4, 0.5) is 5.69 Å². The van der Waals surface area contributed by atoms with Crippen molar-refractivity contribution in [2.45, 2.75) is 13.5 Å². The second-order valence-electron chi connectivity index (χ2n) is 3.72. The van der Waals surface area contributed by atoms with Gasteiger partial charge in [-0.2, -0.15) is 0 Å². The fourth-order valence-corrected chi connectivity index (χ4v) is 2.43. The minimum Gasteiger partial charge on any atom is -0.477 e. The molecular formula is C13H13NO2S. The van der Waals surface area contributed by atoms with Gasteiger partial charge in [-0.1, -0.05) is 18.2 Å². The maximum Gasteiger partial charge on any atom is 0.345 e. The minimum atomic E-state index is -0.857. The van der Waals surface area contributed by atoms with Crippen LogP contribution in [0.15, 0.2) is 36.4 Å². The van der Waals surface area contributed by atoms with Crippen LogP contribution in [0, 0.1) is 6.92 Å². The van der Waals surface area contributed by atoms with Crippen molar-refractivity contribution < 1.29 is 9.90 Å². The summed E-state index contributed by atoms with van der Waals surface area (Å²) in [6.45, 7) is 2.60. The van der Waals surface area contributed by atoms with Crippen molar-refractivity contribution in [1.82, 2.24) is 0 Å². The zero-order chi connectivity index (χ0) is 12.3. The molecule has 1 aromatic heterocycles. The van der Waals surface area contributed by atoms with E-state index in [-0.39, 0.29) is 0 Å². The zero-order valence-electron chi connectivity index (χ0n) is 9.43. The van der Waals surface area contributed by atoms with Crippen molar-refractivity contribution in [1.29, 1.82) is 0 Å². The van der Waals surface area contributed by atoms with Gasteiger partial charge in [-0.3, -0.25) is 0 Å². The predicted molar refractivity (Wildman–Crippen MR) is 69.8 cm³/mol. The molecule has 3 nitrogen and oxygen atoms in total. The maximum atomic E-state index is 10.8. The van der Waals surface area contributed by atoms with E-state index in [9.17, 15) is 4.79 Å². The van der Waals surface area contributed by atoms with Gasteiger partial charge >= 0.3 is 5.97 Å². The topological polar surface area (TPSA) is 49.3 Å². The number of hydrogen-bond donors (Lipinski definition) is 2. The first-order valence-corrected chi connectivity index (χ1v) is 6.10. The first-order chi connectivity index (χ1) is 8.16. The Morgan fingerprint density at radius 3 is 2.65 bits per heavy atom. The molecule has 0 atom stereocenters. The molecule has 2 rings (SSSR count). The Labute approximate surface area is 104 Å². The third-order valence-electron chi connectivity index (χ3n) is 2.49. The number of para-hydroxylation sites is 1. The van der Waals surface area contributed by atoms with Crippen molar-refractivity contribution in [3.8, 4) is 0 Å². The third kappa shape index (κ3) is 2.85. The Morgan fingerprint density at radius 1 is 1.35 bits per heavy atom. The van der Waals surface area contributed by atoms with E-state index < -0.39 is 5.97 Å². The van der Waals surface area contributed by atoms with Gasteiger partial charge in [0.05, 0.1) is 0 Å². The summed E-state index contributed by atoms with van der Waals surface area (Å²) < 4.78 is 0. The Kier molecular flexibility index (Phi) is 3.44. The molecule has 0 saturated carbocycles. The molecule has 0 amide bonds. The van der Waals surface area contributed by atoms with E-state index in [2.05, 4.69) is 5.32 Å². The summed E-state index contributed by atoms with van der Waals surface area (Å²) in [6.07, 6.45) is 0. The van der Waals surface area contributed by atoms with Crippen molar-refractivity contribution in [2.75, 3.05) is 5.32 Å². The lowest BCUT2D eigenvalue weighted by Gasteiger charge is -2.05. The monoisotopic (exact) mass is 247 g/mol. The van der Waals surface area contributed by atoms with Gasteiger partial charge in [0, 0.05) is 17.1 Å². The SMILES string of the molecule is Cc1sc(C(=O)O)cc1CNc1ccccc1. The molecule has 0 unspecified atom stereocenters. The molecule has 1 aromatic carbocycles. The van der Waals surface area contributed by atoms with Crippen molar-refractivity contribution in [2.24, 2.45) is 0 Å². The number of benzene rings is 1. The van der Waals surface area contributed by atoms with E-state index in [0.29, 0.717) is 11.4 Å². The number of thiophene rings is 1. The van der Waals surface area contributed by atoms with Crippen LogP contribution in [0.25, 0.3) is 0 Å². The summed E-state index contributed by atoms with van der Waals surface area (Å²) in [4.78, 5) is 12.3. The Morgan fingerprint density at radius 2 is 2.06 bits per heavy atom. The number of hydrogen-bond acceptors (Lipinski definition) is 3. The summed E-state index contributed by atoms with van der Waals surface area (Å²) in [7, 11) is 0. The molecule has 0 saturated heterocycles. The molecule has 17 heavy (non-hydrogen) atoms. The Balaban J connectivity index is 2.07. The van der Waals surface area contributed by atoms with Gasteiger partial charge in [-0.05, 0) is 30.7 Å². The van der Waals surface area contributed by atoms with Crippen LogP contribution >= 0.6 is 11.3 Å². The Hall–Kier alpha value is -1.81. The first-order valence-electron chi connectivity index (χ1n) is 5.28. The molecule has 1 heterocycles. The highest BCUT2D eigenvalue weighted by Crippen LogP contribution is 2.22. The van der Waals surface area contributed by atoms with Gasteiger partial charge in [0.2, 0.25) is 0 Å². The van der Waals surface area contributed by atoms with Gasteiger partial charge in [0.25, 0.3) is 0 Å². The van der Waals surface area contributed by atoms with Crippen LogP contribution in [0.3, 0.4) is 0 Å². The normalized spacial score (nSPS) is 10.2. The maximum absolute atomic E-state index is 10.8. The van der Waals surface area contributed by atoms with Gasteiger partial charge in [0.1, 0.15) is 4.88 Å². The number of aryl methyl sites for hydroxylation is 1. The van der Waals surface area contributed by atoms with Crippen LogP contribution < -0.4 is 5.32 Å². The average molecular weight is 247 g/mol. The molecule has 0 spiro atoms. The first kappa shape index (κ1) is 11.7. The average Bonchev–Trinajstić information content (AvgIpc) is 2.70. The number of carbonyl (C=O) groups is 1. The smallest absolute Gasteiger partial charge is 0.345 e. The summed E-state index contributed by atoms with van der Waals surface area (Å²) >= 11 is 1.32. The van der Waals surface area contributed by atoms with E-state index in [1.807, 2.05) is 37.3 Å². The summed E-state index contributed by atoms with van der Waals surface area (Å²) in [6, 6.07) is 11.6. The molecule has 0 fully saturated rings. The highest BCUT2D eigenvalue weighted by atomic mass is 32.1. The highest BCUT2D eigenvalue weighted by molar-refractivity contribution is 7.14. The number of rotatable bonds is 4. The summed E-state index contributed by atoms with van der Waals surface area (Å²) in [5.74, 6) is -0.857. The van der Waals surface area contributed by atoms with E-state index >= 15 is 0 Å². The lowest BCUT2D eigenvalue weighted by atomic mass is 10.2. The number of carboxylic acid groups (broad SMARTS) is 1. The molecular weight excluding hydrogens is 234 g/mol. The summed E-state index contributed by atoms with van der Waals surface area (Å²) in [5, 5.41) is 12.2. The molecule has 4 heteroatoms. The number of aromatic carboxylic acids is 1. The number of anilines is 1. The van der Waals surface area contributed by atoms with Crippen LogP contribution in [-0.2, 0) is 6.54 Å². The highest BCUT2D eigenvalue weighted by Gasteiger charge is 2.10. The third-order valence-corrected chi connectivity index (χ3v) is 3.57. The molecule has 0 bridgehead atoms. The standard InChI is InChI=1S/C13H13NO2S/c1-9-10(7-12(17-9)13(15)16)8-14-11-5-3-2-4-6-11/h2-7,14H,8H2,1H3,(H,15,16). The van der Waals surface area contributed by atoms with Gasteiger partial charge in [0.15, 0.2) is 0 Å². The molecule has 88 valence electrons. The molecule has 0 aliphatic carbocycles. The van der Waals surface area contributed by atoms with Gasteiger partial charge < -0.3 is 10.4 Å². The van der Waals surface area contributed by atoms with E-state index in [1.54, 1.807) is 6.07 Å². The minimum absolute atomic E-state index is 0.396. The van der Waals surface area contributed by atoms with Gasteiger partial charge in [-0.15, -0.1) is 11.3 Å². The van der Waals surface area contributed by atoms with Crippen molar-refractivity contribution in [3.05, 3.63) is 51.7 Å². The van der Waals surface area contributed by atoms with Crippen LogP contribution in [0.1, 0.15) is 20.1 Å². The predicted octanol–water partition coefficient (Wildman–Crippen LogP) is 3.37. The van der Waals surface area contributed by atoms with E-state index in [0.717, 1.165) is 16.1 Å². The van der Waals surface area contributed by atoms with Crippen LogP contribution in [0.5, 0.6) is 0 Å². The number of nitrogens with one attached hydrogen (secondary N) is 1. The van der Waals surface area contributed by atoms with Crippen LogP contribution in [-0.4, -0.2) is 11.1 Å². The Bertz CT molecular complexity index is 519. The molecule has 0 aliphatic heterocycles. The second kappa shape index (κ2) is 5.01. The van der Waals surface area contributed by atoms with Crippen molar-refractivity contribution >= 4 is 23.0 Å². The summed E-state index contributed by atoms with van der Waals surface area (Å²) in [5.41, 5.74) is 2.08. The van der Waals surface area contributed by atoms with Crippen LogP contribution in [0.2, 0.25) is 0 Å². The lowest BCUT2D eigenvalue weighted by molar-refractivity contribution is 0.0702. The number of carboxylic acids is 1. The molecule has 2 N–H and O–H groups in total. The fourth-order valence-electron chi connectivity index (χ4n) is 1.55. The lowest BCUT2D eigenvalue weighted by Crippen LogP contribution is -1.99.